The Kier molecular flexibility index (Phi) is 8.43. The van der Waals surface area contributed by atoms with E-state index in [0.29, 0.717) is 6.54 Å². The van der Waals surface area contributed by atoms with Crippen LogP contribution < -0.4 is 5.32 Å². The Morgan fingerprint density at radius 2 is 1.79 bits per heavy atom. The van der Waals surface area contributed by atoms with Crippen LogP contribution in [-0.4, -0.2) is 41.3 Å². The fourth-order valence-corrected chi connectivity index (χ4v) is 2.88. The lowest BCUT2D eigenvalue weighted by Crippen LogP contribution is -2.39. The highest BCUT2D eigenvalue weighted by Crippen LogP contribution is 2.09. The third-order valence-electron chi connectivity index (χ3n) is 4.31. The molecular weight excluding hydrogens is 468 g/mol. The summed E-state index contributed by atoms with van der Waals surface area (Å²) >= 11 is 0. The zero-order valence-electron chi connectivity index (χ0n) is 16.0. The lowest BCUT2D eigenvalue weighted by molar-refractivity contribution is 0.476. The number of rotatable bonds is 6. The Bertz CT molecular complexity index is 861. The van der Waals surface area contributed by atoms with Gasteiger partial charge in [0.1, 0.15) is 5.82 Å². The number of halogens is 2. The first-order chi connectivity index (χ1) is 13.2. The summed E-state index contributed by atoms with van der Waals surface area (Å²) in [5, 5.41) is 7.61. The summed E-state index contributed by atoms with van der Waals surface area (Å²) < 4.78 is 14.9. The van der Waals surface area contributed by atoms with E-state index in [0.717, 1.165) is 30.2 Å². The topological polar surface area (TPSA) is 45.5 Å². The highest BCUT2D eigenvalue weighted by Gasteiger charge is 2.06. The molecule has 0 saturated heterocycles. The van der Waals surface area contributed by atoms with Crippen LogP contribution in [0, 0.1) is 5.82 Å². The van der Waals surface area contributed by atoms with Crippen LogP contribution >= 0.6 is 24.0 Å². The van der Waals surface area contributed by atoms with E-state index in [1.165, 1.54) is 17.7 Å². The van der Waals surface area contributed by atoms with Crippen LogP contribution in [0.3, 0.4) is 0 Å². The van der Waals surface area contributed by atoms with E-state index in [2.05, 4.69) is 39.7 Å². The SMILES string of the molecule is CN=C(NCCc1ccc(-n2cccn2)cc1)N(C)Cc1ccc(F)cc1.I. The number of nitrogens with zero attached hydrogens (tertiary/aromatic N) is 4. The molecule has 0 fully saturated rings. The van der Waals surface area contributed by atoms with Crippen molar-refractivity contribution in [3.63, 3.8) is 0 Å². The van der Waals surface area contributed by atoms with E-state index < -0.39 is 0 Å². The van der Waals surface area contributed by atoms with Crippen molar-refractivity contribution in [3.05, 3.63) is 83.9 Å². The minimum atomic E-state index is -0.220. The van der Waals surface area contributed by atoms with E-state index in [9.17, 15) is 4.39 Å². The van der Waals surface area contributed by atoms with E-state index in [1.54, 1.807) is 25.4 Å². The summed E-state index contributed by atoms with van der Waals surface area (Å²) in [6, 6.07) is 16.8. The number of hydrogen-bond donors (Lipinski definition) is 1. The van der Waals surface area contributed by atoms with Gasteiger partial charge in [0.2, 0.25) is 0 Å². The van der Waals surface area contributed by atoms with Crippen molar-refractivity contribution in [1.82, 2.24) is 20.0 Å². The molecule has 0 atom stereocenters. The normalized spacial score (nSPS) is 11.0. The van der Waals surface area contributed by atoms with Crippen LogP contribution in [0.15, 0.2) is 72.0 Å². The lowest BCUT2D eigenvalue weighted by atomic mass is 10.1. The summed E-state index contributed by atoms with van der Waals surface area (Å²) in [6.45, 7) is 1.44. The van der Waals surface area contributed by atoms with Gasteiger partial charge in [0.15, 0.2) is 5.96 Å². The highest BCUT2D eigenvalue weighted by molar-refractivity contribution is 14.0. The Labute approximate surface area is 182 Å². The molecule has 0 aliphatic rings. The van der Waals surface area contributed by atoms with Gasteiger partial charge in [-0.25, -0.2) is 9.07 Å². The zero-order chi connectivity index (χ0) is 19.1. The Balaban J connectivity index is 0.00000280. The van der Waals surface area contributed by atoms with Crippen LogP contribution in [0.4, 0.5) is 4.39 Å². The Hall–Kier alpha value is -2.42. The van der Waals surface area contributed by atoms with E-state index in [4.69, 9.17) is 0 Å². The minimum Gasteiger partial charge on any atom is -0.356 e. The van der Waals surface area contributed by atoms with Gasteiger partial charge in [-0.3, -0.25) is 4.99 Å². The molecule has 2 aromatic carbocycles. The molecule has 1 N–H and O–H groups in total. The van der Waals surface area contributed by atoms with E-state index >= 15 is 0 Å². The van der Waals surface area contributed by atoms with Crippen molar-refractivity contribution in [2.75, 3.05) is 20.6 Å². The minimum absolute atomic E-state index is 0. The largest absolute Gasteiger partial charge is 0.356 e. The molecule has 148 valence electrons. The molecule has 0 unspecified atom stereocenters. The predicted octanol–water partition coefficient (Wildman–Crippen LogP) is 3.88. The maximum atomic E-state index is 13.0. The van der Waals surface area contributed by atoms with Gasteiger partial charge in [0, 0.05) is 39.6 Å². The number of hydrogen-bond acceptors (Lipinski definition) is 2. The monoisotopic (exact) mass is 493 g/mol. The maximum Gasteiger partial charge on any atom is 0.193 e. The standard InChI is InChI=1S/C21H24FN5.HI/c1-23-21(26(2)16-18-4-8-19(22)9-5-18)24-14-12-17-6-10-20(11-7-17)27-15-3-13-25-27;/h3-11,13,15H,12,14,16H2,1-2H3,(H,23,24);1H. The molecule has 28 heavy (non-hydrogen) atoms. The third kappa shape index (κ3) is 6.05. The van der Waals surface area contributed by atoms with Crippen LogP contribution in [-0.2, 0) is 13.0 Å². The predicted molar refractivity (Wildman–Crippen MR) is 122 cm³/mol. The Morgan fingerprint density at radius 3 is 2.39 bits per heavy atom. The summed E-state index contributed by atoms with van der Waals surface area (Å²) in [7, 11) is 3.74. The molecule has 3 rings (SSSR count). The molecule has 0 bridgehead atoms. The van der Waals surface area contributed by atoms with Gasteiger partial charge in [-0.15, -0.1) is 24.0 Å². The molecule has 1 aromatic heterocycles. The third-order valence-corrected chi connectivity index (χ3v) is 4.31. The molecule has 3 aromatic rings. The van der Waals surface area contributed by atoms with Crippen molar-refractivity contribution in [1.29, 1.82) is 0 Å². The van der Waals surface area contributed by atoms with Gasteiger partial charge in [0.05, 0.1) is 5.69 Å². The number of nitrogens with one attached hydrogen (secondary N) is 1. The van der Waals surface area contributed by atoms with Gasteiger partial charge in [-0.05, 0) is 47.9 Å². The maximum absolute atomic E-state index is 13.0. The summed E-state index contributed by atoms with van der Waals surface area (Å²) in [6.07, 6.45) is 4.59. The van der Waals surface area contributed by atoms with E-state index in [1.807, 2.05) is 28.9 Å². The average molecular weight is 493 g/mol. The summed E-state index contributed by atoms with van der Waals surface area (Å²) in [5.74, 6) is 0.593. The molecular formula is C21H25FIN5. The highest BCUT2D eigenvalue weighted by atomic mass is 127. The number of aromatic nitrogens is 2. The zero-order valence-corrected chi connectivity index (χ0v) is 18.4. The second-order valence-electron chi connectivity index (χ2n) is 6.32. The molecule has 1 heterocycles. The number of guanidine groups is 1. The molecule has 5 nitrogen and oxygen atoms in total. The fraction of sp³-hybridized carbons (Fsp3) is 0.238. The van der Waals surface area contributed by atoms with Crippen LogP contribution in [0.1, 0.15) is 11.1 Å². The van der Waals surface area contributed by atoms with Crippen LogP contribution in [0.25, 0.3) is 5.69 Å². The van der Waals surface area contributed by atoms with Crippen molar-refractivity contribution in [3.8, 4) is 5.69 Å². The molecule has 0 spiro atoms. The van der Waals surface area contributed by atoms with Gasteiger partial charge in [-0.1, -0.05) is 24.3 Å². The average Bonchev–Trinajstić information content (AvgIpc) is 3.22. The van der Waals surface area contributed by atoms with Crippen molar-refractivity contribution < 1.29 is 4.39 Å². The fourth-order valence-electron chi connectivity index (χ4n) is 2.88. The quantitative estimate of drug-likeness (QED) is 0.322. The first kappa shape index (κ1) is 21.9. The van der Waals surface area contributed by atoms with Crippen molar-refractivity contribution in [2.45, 2.75) is 13.0 Å². The van der Waals surface area contributed by atoms with Crippen molar-refractivity contribution >= 4 is 29.9 Å². The van der Waals surface area contributed by atoms with Gasteiger partial charge >= 0.3 is 0 Å². The van der Waals surface area contributed by atoms with Crippen LogP contribution in [0.2, 0.25) is 0 Å². The van der Waals surface area contributed by atoms with Gasteiger partial charge < -0.3 is 10.2 Å². The second-order valence-corrected chi connectivity index (χ2v) is 6.32. The van der Waals surface area contributed by atoms with Gasteiger partial charge in [-0.2, -0.15) is 5.10 Å². The summed E-state index contributed by atoms with van der Waals surface area (Å²) in [4.78, 5) is 6.35. The lowest BCUT2D eigenvalue weighted by Gasteiger charge is -2.22. The first-order valence-corrected chi connectivity index (χ1v) is 8.91. The van der Waals surface area contributed by atoms with E-state index in [-0.39, 0.29) is 29.8 Å². The van der Waals surface area contributed by atoms with Crippen LogP contribution in [0.5, 0.6) is 0 Å². The Morgan fingerprint density at radius 1 is 1.11 bits per heavy atom. The van der Waals surface area contributed by atoms with Crippen molar-refractivity contribution in [2.24, 2.45) is 4.99 Å². The molecule has 7 heteroatoms. The number of benzene rings is 2. The first-order valence-electron chi connectivity index (χ1n) is 8.91. The van der Waals surface area contributed by atoms with Gasteiger partial charge in [0.25, 0.3) is 0 Å². The summed E-state index contributed by atoms with van der Waals surface area (Å²) in [5.41, 5.74) is 3.33. The smallest absolute Gasteiger partial charge is 0.193 e. The molecule has 0 saturated carbocycles. The molecule has 0 aliphatic carbocycles. The molecule has 0 amide bonds. The second kappa shape index (κ2) is 10.8. The molecule has 0 aliphatic heterocycles. The number of aliphatic imine (C=N–C) groups is 1. The molecule has 0 radical (unpaired) electrons.